The number of carbonyl (C=O) groups is 1. The van der Waals surface area contributed by atoms with Gasteiger partial charge in [0.25, 0.3) is 5.91 Å². The van der Waals surface area contributed by atoms with Crippen molar-refractivity contribution in [2.75, 3.05) is 6.54 Å². The largest absolute Gasteiger partial charge is 0.331 e. The SMILES string of the molecule is Cc1ccccc1C1CCCN1C(=O)c1cn[nH]c1. The van der Waals surface area contributed by atoms with Gasteiger partial charge in [0, 0.05) is 12.7 Å². The van der Waals surface area contributed by atoms with Crippen LogP contribution in [0, 0.1) is 6.92 Å². The van der Waals surface area contributed by atoms with Crippen molar-refractivity contribution >= 4 is 5.91 Å². The van der Waals surface area contributed by atoms with Gasteiger partial charge in [-0.05, 0) is 30.9 Å². The highest BCUT2D eigenvalue weighted by Crippen LogP contribution is 2.34. The number of nitrogens with one attached hydrogen (secondary N) is 1. The zero-order valence-corrected chi connectivity index (χ0v) is 11.0. The average molecular weight is 255 g/mol. The van der Waals surface area contributed by atoms with Gasteiger partial charge in [0.2, 0.25) is 0 Å². The molecule has 98 valence electrons. The molecule has 1 aromatic heterocycles. The van der Waals surface area contributed by atoms with Crippen LogP contribution in [0.4, 0.5) is 0 Å². The van der Waals surface area contributed by atoms with E-state index in [-0.39, 0.29) is 11.9 Å². The van der Waals surface area contributed by atoms with Gasteiger partial charge in [-0.3, -0.25) is 9.89 Å². The van der Waals surface area contributed by atoms with Crippen LogP contribution in [0.1, 0.15) is 40.4 Å². The van der Waals surface area contributed by atoms with Crippen LogP contribution in [0.15, 0.2) is 36.7 Å². The summed E-state index contributed by atoms with van der Waals surface area (Å²) >= 11 is 0. The van der Waals surface area contributed by atoms with Gasteiger partial charge in [-0.25, -0.2) is 0 Å². The van der Waals surface area contributed by atoms with Crippen molar-refractivity contribution in [3.05, 3.63) is 53.3 Å². The summed E-state index contributed by atoms with van der Waals surface area (Å²) in [5.74, 6) is 0.0690. The fourth-order valence-corrected chi connectivity index (χ4v) is 2.83. The van der Waals surface area contributed by atoms with Gasteiger partial charge >= 0.3 is 0 Å². The molecule has 1 aliphatic heterocycles. The molecule has 1 fully saturated rings. The van der Waals surface area contributed by atoms with Gasteiger partial charge in [0.15, 0.2) is 0 Å². The molecule has 0 spiro atoms. The van der Waals surface area contributed by atoms with E-state index < -0.39 is 0 Å². The van der Waals surface area contributed by atoms with E-state index in [1.54, 1.807) is 12.4 Å². The Morgan fingerprint density at radius 3 is 3.00 bits per heavy atom. The fraction of sp³-hybridized carbons (Fsp3) is 0.333. The molecule has 1 aliphatic rings. The maximum absolute atomic E-state index is 12.5. The molecule has 1 aromatic carbocycles. The van der Waals surface area contributed by atoms with E-state index >= 15 is 0 Å². The molecule has 1 atom stereocenters. The highest BCUT2D eigenvalue weighted by Gasteiger charge is 2.31. The Kier molecular flexibility index (Phi) is 3.07. The number of H-pyrrole nitrogens is 1. The van der Waals surface area contributed by atoms with Crippen molar-refractivity contribution in [2.45, 2.75) is 25.8 Å². The second-order valence-electron chi connectivity index (χ2n) is 5.00. The summed E-state index contributed by atoms with van der Waals surface area (Å²) in [6.45, 7) is 2.93. The van der Waals surface area contributed by atoms with Crippen LogP contribution in [0.5, 0.6) is 0 Å². The number of aryl methyl sites for hydroxylation is 1. The number of rotatable bonds is 2. The van der Waals surface area contributed by atoms with Gasteiger partial charge in [-0.1, -0.05) is 24.3 Å². The Labute approximate surface area is 112 Å². The lowest BCUT2D eigenvalue weighted by atomic mass is 9.99. The van der Waals surface area contributed by atoms with Gasteiger partial charge < -0.3 is 4.90 Å². The first-order chi connectivity index (χ1) is 9.27. The van der Waals surface area contributed by atoms with E-state index in [0.29, 0.717) is 5.56 Å². The molecular weight excluding hydrogens is 238 g/mol. The number of likely N-dealkylation sites (tertiary alicyclic amines) is 1. The molecule has 2 aromatic rings. The minimum atomic E-state index is 0.0690. The summed E-state index contributed by atoms with van der Waals surface area (Å²) in [5.41, 5.74) is 3.15. The quantitative estimate of drug-likeness (QED) is 0.897. The number of benzene rings is 1. The average Bonchev–Trinajstić information content (AvgIpc) is 3.10. The van der Waals surface area contributed by atoms with E-state index in [2.05, 4.69) is 29.3 Å². The minimum Gasteiger partial charge on any atom is -0.331 e. The smallest absolute Gasteiger partial charge is 0.257 e. The molecule has 1 N–H and O–H groups in total. The first kappa shape index (κ1) is 12.0. The number of carbonyl (C=O) groups excluding carboxylic acids is 1. The Morgan fingerprint density at radius 1 is 1.42 bits per heavy atom. The van der Waals surface area contributed by atoms with Crippen molar-refractivity contribution in [2.24, 2.45) is 0 Å². The molecule has 1 amide bonds. The maximum atomic E-state index is 12.5. The molecule has 2 heterocycles. The summed E-state index contributed by atoms with van der Waals surface area (Å²) < 4.78 is 0. The Hall–Kier alpha value is -2.10. The third kappa shape index (κ3) is 2.14. The number of amides is 1. The summed E-state index contributed by atoms with van der Waals surface area (Å²) in [6.07, 6.45) is 5.35. The van der Waals surface area contributed by atoms with Crippen molar-refractivity contribution in [1.29, 1.82) is 0 Å². The van der Waals surface area contributed by atoms with Gasteiger partial charge in [-0.15, -0.1) is 0 Å². The second-order valence-corrected chi connectivity index (χ2v) is 5.00. The van der Waals surface area contributed by atoms with Crippen LogP contribution in [-0.2, 0) is 0 Å². The predicted molar refractivity (Wildman–Crippen MR) is 72.8 cm³/mol. The zero-order chi connectivity index (χ0) is 13.2. The molecule has 3 rings (SSSR count). The molecule has 4 nitrogen and oxygen atoms in total. The third-order valence-electron chi connectivity index (χ3n) is 3.81. The Bertz CT molecular complexity index is 577. The van der Waals surface area contributed by atoms with Crippen molar-refractivity contribution in [3.8, 4) is 0 Å². The van der Waals surface area contributed by atoms with E-state index in [0.717, 1.165) is 19.4 Å². The molecule has 0 aliphatic carbocycles. The Morgan fingerprint density at radius 2 is 2.26 bits per heavy atom. The van der Waals surface area contributed by atoms with Gasteiger partial charge in [0.05, 0.1) is 17.8 Å². The van der Waals surface area contributed by atoms with Crippen LogP contribution >= 0.6 is 0 Å². The molecule has 0 saturated carbocycles. The molecule has 19 heavy (non-hydrogen) atoms. The van der Waals surface area contributed by atoms with Crippen molar-refractivity contribution < 1.29 is 4.79 Å². The van der Waals surface area contributed by atoms with Crippen molar-refractivity contribution in [1.82, 2.24) is 15.1 Å². The van der Waals surface area contributed by atoms with Crippen LogP contribution in [0.25, 0.3) is 0 Å². The topological polar surface area (TPSA) is 49.0 Å². The maximum Gasteiger partial charge on any atom is 0.257 e. The highest BCUT2D eigenvalue weighted by molar-refractivity contribution is 5.94. The van der Waals surface area contributed by atoms with Crippen LogP contribution < -0.4 is 0 Å². The van der Waals surface area contributed by atoms with Crippen LogP contribution in [0.2, 0.25) is 0 Å². The lowest BCUT2D eigenvalue weighted by Crippen LogP contribution is -2.30. The van der Waals surface area contributed by atoms with Gasteiger partial charge in [-0.2, -0.15) is 5.10 Å². The van der Waals surface area contributed by atoms with E-state index in [1.807, 2.05) is 17.0 Å². The summed E-state index contributed by atoms with van der Waals surface area (Å²) in [5, 5.41) is 6.56. The van der Waals surface area contributed by atoms with Crippen molar-refractivity contribution in [3.63, 3.8) is 0 Å². The zero-order valence-electron chi connectivity index (χ0n) is 11.0. The number of nitrogens with zero attached hydrogens (tertiary/aromatic N) is 2. The predicted octanol–water partition coefficient (Wildman–Crippen LogP) is 2.70. The number of hydrogen-bond acceptors (Lipinski definition) is 2. The lowest BCUT2D eigenvalue weighted by Gasteiger charge is -2.25. The normalized spacial score (nSPS) is 18.8. The number of aromatic nitrogens is 2. The monoisotopic (exact) mass is 255 g/mol. The summed E-state index contributed by atoms with van der Waals surface area (Å²) in [4.78, 5) is 14.4. The number of aromatic amines is 1. The first-order valence-electron chi connectivity index (χ1n) is 6.62. The van der Waals surface area contributed by atoms with E-state index in [1.165, 1.54) is 11.1 Å². The Balaban J connectivity index is 1.90. The molecule has 1 saturated heterocycles. The lowest BCUT2D eigenvalue weighted by molar-refractivity contribution is 0.0735. The van der Waals surface area contributed by atoms with Crippen LogP contribution in [-0.4, -0.2) is 27.5 Å². The molecule has 0 radical (unpaired) electrons. The van der Waals surface area contributed by atoms with Gasteiger partial charge in [0.1, 0.15) is 0 Å². The minimum absolute atomic E-state index is 0.0690. The first-order valence-corrected chi connectivity index (χ1v) is 6.62. The second kappa shape index (κ2) is 4.88. The summed E-state index contributed by atoms with van der Waals surface area (Å²) in [7, 11) is 0. The third-order valence-corrected chi connectivity index (χ3v) is 3.81. The van der Waals surface area contributed by atoms with E-state index in [9.17, 15) is 4.79 Å². The standard InChI is InChI=1S/C15H17N3O/c1-11-5-2-3-6-13(11)14-7-4-8-18(14)15(19)12-9-16-17-10-12/h2-3,5-6,9-10,14H,4,7-8H2,1H3,(H,16,17). The van der Waals surface area contributed by atoms with E-state index in [4.69, 9.17) is 0 Å². The highest BCUT2D eigenvalue weighted by atomic mass is 16.2. The fourth-order valence-electron chi connectivity index (χ4n) is 2.83. The number of hydrogen-bond donors (Lipinski definition) is 1. The summed E-state index contributed by atoms with van der Waals surface area (Å²) in [6, 6.07) is 8.51. The molecular formula is C15H17N3O. The van der Waals surface area contributed by atoms with Crippen LogP contribution in [0.3, 0.4) is 0 Å². The molecule has 1 unspecified atom stereocenters. The molecule has 4 heteroatoms. The molecule has 0 bridgehead atoms.